The van der Waals surface area contributed by atoms with Crippen LogP contribution < -0.4 is 10.5 Å². The van der Waals surface area contributed by atoms with Crippen LogP contribution in [0.2, 0.25) is 0 Å². The first-order chi connectivity index (χ1) is 7.88. The minimum absolute atomic E-state index is 0.0657. The maximum Gasteiger partial charge on any atom is 0.257 e. The quantitative estimate of drug-likeness (QED) is 0.690. The Morgan fingerprint density at radius 2 is 2.12 bits per heavy atom. The molecule has 1 heterocycles. The minimum Gasteiger partial charge on any atom is -0.326 e. The van der Waals surface area contributed by atoms with Gasteiger partial charge in [-0.1, -0.05) is 20.8 Å². The van der Waals surface area contributed by atoms with E-state index in [0.29, 0.717) is 18.0 Å². The first kappa shape index (κ1) is 14.1. The van der Waals surface area contributed by atoms with Gasteiger partial charge in [-0.25, -0.2) is 13.1 Å². The monoisotopic (exact) mass is 260 g/mol. The van der Waals surface area contributed by atoms with Crippen molar-refractivity contribution in [3.05, 3.63) is 11.8 Å². The number of H-pyrrole nitrogens is 1. The average Bonchev–Trinajstić information content (AvgIpc) is 2.74. The van der Waals surface area contributed by atoms with E-state index < -0.39 is 10.0 Å². The van der Waals surface area contributed by atoms with Crippen LogP contribution in [0.5, 0.6) is 0 Å². The molecule has 0 saturated carbocycles. The van der Waals surface area contributed by atoms with E-state index >= 15 is 0 Å². The Hall–Kier alpha value is -0.920. The van der Waals surface area contributed by atoms with Gasteiger partial charge in [0.1, 0.15) is 0 Å². The lowest BCUT2D eigenvalue weighted by Crippen LogP contribution is -2.31. The standard InChI is InChI=1S/C10H20N4O2S/c1-7(2)8(3)5-13-17(15,16)10-9(4-11)6-12-14-10/h6-8,13H,4-5,11H2,1-3H3,(H,12,14). The number of rotatable bonds is 6. The molecule has 0 aromatic carbocycles. The van der Waals surface area contributed by atoms with Gasteiger partial charge in [0.2, 0.25) is 0 Å². The van der Waals surface area contributed by atoms with Gasteiger partial charge in [-0.3, -0.25) is 5.10 Å². The van der Waals surface area contributed by atoms with Crippen molar-refractivity contribution in [1.82, 2.24) is 14.9 Å². The van der Waals surface area contributed by atoms with Crippen LogP contribution in [0.4, 0.5) is 0 Å². The molecule has 0 aliphatic heterocycles. The number of sulfonamides is 1. The summed E-state index contributed by atoms with van der Waals surface area (Å²) in [6, 6.07) is 0. The first-order valence-corrected chi connectivity index (χ1v) is 7.08. The highest BCUT2D eigenvalue weighted by Crippen LogP contribution is 2.13. The van der Waals surface area contributed by atoms with Gasteiger partial charge >= 0.3 is 0 Å². The van der Waals surface area contributed by atoms with E-state index in [4.69, 9.17) is 5.73 Å². The lowest BCUT2D eigenvalue weighted by Gasteiger charge is -2.15. The lowest BCUT2D eigenvalue weighted by atomic mass is 9.99. The van der Waals surface area contributed by atoms with Crippen molar-refractivity contribution in [2.24, 2.45) is 17.6 Å². The third-order valence-corrected chi connectivity index (χ3v) is 4.34. The van der Waals surface area contributed by atoms with Crippen LogP contribution in [0.3, 0.4) is 0 Å². The molecule has 0 saturated heterocycles. The molecule has 0 aliphatic rings. The number of nitrogens with zero attached hydrogens (tertiary/aromatic N) is 1. The molecule has 0 radical (unpaired) electrons. The van der Waals surface area contributed by atoms with E-state index in [1.165, 1.54) is 6.20 Å². The number of aromatic nitrogens is 2. The molecule has 1 aromatic rings. The summed E-state index contributed by atoms with van der Waals surface area (Å²) in [5.41, 5.74) is 5.94. The fourth-order valence-electron chi connectivity index (χ4n) is 1.23. The van der Waals surface area contributed by atoms with Crippen LogP contribution in [-0.2, 0) is 16.6 Å². The van der Waals surface area contributed by atoms with Crippen LogP contribution in [0, 0.1) is 11.8 Å². The lowest BCUT2D eigenvalue weighted by molar-refractivity contribution is 0.414. The Balaban J connectivity index is 2.76. The van der Waals surface area contributed by atoms with Crippen molar-refractivity contribution in [2.75, 3.05) is 6.54 Å². The van der Waals surface area contributed by atoms with Gasteiger partial charge in [0.15, 0.2) is 5.03 Å². The van der Waals surface area contributed by atoms with Crippen LogP contribution in [-0.4, -0.2) is 25.2 Å². The Morgan fingerprint density at radius 1 is 1.47 bits per heavy atom. The van der Waals surface area contributed by atoms with E-state index in [1.807, 2.05) is 6.92 Å². The van der Waals surface area contributed by atoms with Crippen molar-refractivity contribution in [1.29, 1.82) is 0 Å². The van der Waals surface area contributed by atoms with Gasteiger partial charge in [-0.05, 0) is 11.8 Å². The van der Waals surface area contributed by atoms with E-state index in [-0.39, 0.29) is 17.5 Å². The predicted molar refractivity (Wildman–Crippen MR) is 65.7 cm³/mol. The number of hydrogen-bond acceptors (Lipinski definition) is 4. The van der Waals surface area contributed by atoms with Crippen LogP contribution in [0.1, 0.15) is 26.3 Å². The third-order valence-electron chi connectivity index (χ3n) is 2.90. The van der Waals surface area contributed by atoms with Gasteiger partial charge in [-0.15, -0.1) is 0 Å². The van der Waals surface area contributed by atoms with Gasteiger partial charge in [-0.2, -0.15) is 5.10 Å². The highest BCUT2D eigenvalue weighted by Gasteiger charge is 2.21. The Bertz CT molecular complexity index is 453. The molecule has 0 fully saturated rings. The molecule has 0 amide bonds. The van der Waals surface area contributed by atoms with Crippen molar-refractivity contribution < 1.29 is 8.42 Å². The zero-order valence-corrected chi connectivity index (χ0v) is 11.2. The Morgan fingerprint density at radius 3 is 2.65 bits per heavy atom. The highest BCUT2D eigenvalue weighted by molar-refractivity contribution is 7.89. The number of hydrogen-bond donors (Lipinski definition) is 3. The van der Waals surface area contributed by atoms with E-state index in [2.05, 4.69) is 28.8 Å². The normalized spacial score (nSPS) is 14.2. The van der Waals surface area contributed by atoms with E-state index in [1.54, 1.807) is 0 Å². The fourth-order valence-corrected chi connectivity index (χ4v) is 2.51. The molecule has 4 N–H and O–H groups in total. The molecule has 7 heteroatoms. The smallest absolute Gasteiger partial charge is 0.257 e. The molecule has 0 bridgehead atoms. The highest BCUT2D eigenvalue weighted by atomic mass is 32.2. The SMILES string of the molecule is CC(C)C(C)CNS(=O)(=O)c1[nH]ncc1CN. The summed E-state index contributed by atoms with van der Waals surface area (Å²) in [6.45, 7) is 6.67. The number of aromatic amines is 1. The molecular weight excluding hydrogens is 240 g/mol. The van der Waals surface area contributed by atoms with Crippen molar-refractivity contribution in [3.63, 3.8) is 0 Å². The van der Waals surface area contributed by atoms with Crippen molar-refractivity contribution in [3.8, 4) is 0 Å². The zero-order chi connectivity index (χ0) is 13.1. The average molecular weight is 260 g/mol. The van der Waals surface area contributed by atoms with Crippen molar-refractivity contribution in [2.45, 2.75) is 32.3 Å². The van der Waals surface area contributed by atoms with Crippen LogP contribution in [0.25, 0.3) is 0 Å². The Kier molecular flexibility index (Phi) is 4.67. The topological polar surface area (TPSA) is 101 Å². The third kappa shape index (κ3) is 3.52. The molecular formula is C10H20N4O2S. The maximum absolute atomic E-state index is 12.0. The van der Waals surface area contributed by atoms with Gasteiger partial charge < -0.3 is 5.73 Å². The van der Waals surface area contributed by atoms with E-state index in [0.717, 1.165) is 0 Å². The molecule has 0 spiro atoms. The number of nitrogens with one attached hydrogen (secondary N) is 2. The van der Waals surface area contributed by atoms with Crippen LogP contribution >= 0.6 is 0 Å². The summed E-state index contributed by atoms with van der Waals surface area (Å²) in [7, 11) is -3.54. The molecule has 98 valence electrons. The minimum atomic E-state index is -3.54. The molecule has 0 aliphatic carbocycles. The zero-order valence-electron chi connectivity index (χ0n) is 10.4. The largest absolute Gasteiger partial charge is 0.326 e. The van der Waals surface area contributed by atoms with Crippen molar-refractivity contribution >= 4 is 10.0 Å². The van der Waals surface area contributed by atoms with E-state index in [9.17, 15) is 8.42 Å². The van der Waals surface area contributed by atoms with Gasteiger partial charge in [0.05, 0.1) is 6.20 Å². The first-order valence-electron chi connectivity index (χ1n) is 5.60. The summed E-state index contributed by atoms with van der Waals surface area (Å²) in [5, 5.41) is 6.23. The summed E-state index contributed by atoms with van der Waals surface area (Å²) in [4.78, 5) is 0. The number of nitrogens with two attached hydrogens (primary N) is 1. The van der Waals surface area contributed by atoms with Gasteiger partial charge in [0.25, 0.3) is 10.0 Å². The second-order valence-corrected chi connectivity index (χ2v) is 6.21. The fraction of sp³-hybridized carbons (Fsp3) is 0.700. The molecule has 1 unspecified atom stereocenters. The second-order valence-electron chi connectivity index (χ2n) is 4.50. The van der Waals surface area contributed by atoms with Gasteiger partial charge in [0, 0.05) is 18.7 Å². The predicted octanol–water partition coefficient (Wildman–Crippen LogP) is 0.439. The molecule has 17 heavy (non-hydrogen) atoms. The summed E-state index contributed by atoms with van der Waals surface area (Å²) < 4.78 is 26.5. The molecule has 1 aromatic heterocycles. The van der Waals surface area contributed by atoms with Crippen LogP contribution in [0.15, 0.2) is 11.2 Å². The second kappa shape index (κ2) is 5.61. The maximum atomic E-state index is 12.0. The molecule has 1 rings (SSSR count). The Labute approximate surface area is 102 Å². The molecule has 1 atom stereocenters. The summed E-state index contributed by atoms with van der Waals surface area (Å²) in [6.07, 6.45) is 1.43. The summed E-state index contributed by atoms with van der Waals surface area (Å²) >= 11 is 0. The molecule has 6 nitrogen and oxygen atoms in total. The summed E-state index contributed by atoms with van der Waals surface area (Å²) in [5.74, 6) is 0.697.